The third-order valence-electron chi connectivity index (χ3n) is 6.95. The highest BCUT2D eigenvalue weighted by atomic mass is 32.2. The van der Waals surface area contributed by atoms with E-state index in [1.54, 1.807) is 16.4 Å². The van der Waals surface area contributed by atoms with Crippen molar-refractivity contribution in [2.75, 3.05) is 42.5 Å². The van der Waals surface area contributed by atoms with Crippen molar-refractivity contribution < 1.29 is 13.2 Å². The molecule has 2 aromatic rings. The Bertz CT molecular complexity index is 1100. The first kappa shape index (κ1) is 21.5. The summed E-state index contributed by atoms with van der Waals surface area (Å²) in [7, 11) is -3.61. The molecule has 3 aliphatic heterocycles. The Morgan fingerprint density at radius 2 is 1.47 bits per heavy atom. The minimum absolute atomic E-state index is 0.102. The summed E-state index contributed by atoms with van der Waals surface area (Å²) in [5, 5.41) is 0. The molecule has 0 aromatic heterocycles. The first-order valence-corrected chi connectivity index (χ1v) is 13.3. The predicted octanol–water partition coefficient (Wildman–Crippen LogP) is 4.05. The van der Waals surface area contributed by atoms with E-state index >= 15 is 0 Å². The van der Waals surface area contributed by atoms with Crippen LogP contribution in [-0.4, -0.2) is 51.4 Å². The fourth-order valence-electron chi connectivity index (χ4n) is 5.22. The smallest absolute Gasteiger partial charge is 0.260 e. The van der Waals surface area contributed by atoms with Gasteiger partial charge in [-0.25, -0.2) is 8.42 Å². The van der Waals surface area contributed by atoms with Crippen LogP contribution >= 0.6 is 0 Å². The van der Waals surface area contributed by atoms with Crippen molar-refractivity contribution in [3.63, 3.8) is 0 Å². The van der Waals surface area contributed by atoms with Gasteiger partial charge in [-0.05, 0) is 68.4 Å². The average Bonchev–Trinajstić information content (AvgIpc) is 3.38. The summed E-state index contributed by atoms with van der Waals surface area (Å²) in [6.45, 7) is 3.56. The molecule has 0 bridgehead atoms. The van der Waals surface area contributed by atoms with Crippen molar-refractivity contribution in [2.45, 2.75) is 49.8 Å². The van der Waals surface area contributed by atoms with E-state index in [2.05, 4.69) is 11.0 Å². The number of amides is 1. The molecule has 0 atom stereocenters. The molecule has 170 valence electrons. The Morgan fingerprint density at radius 3 is 2.25 bits per heavy atom. The van der Waals surface area contributed by atoms with Crippen LogP contribution in [0.25, 0.3) is 0 Å². The van der Waals surface area contributed by atoms with Crippen molar-refractivity contribution in [3.05, 3.63) is 53.6 Å². The van der Waals surface area contributed by atoms with Gasteiger partial charge in [0.25, 0.3) is 5.91 Å². The SMILES string of the molecule is O=C(c1cc(S(=O)(=O)N2CCCCC2)ccc1N1CCCC1)N1CCCc2ccccc21. The summed E-state index contributed by atoms with van der Waals surface area (Å²) in [5.74, 6) is -0.102. The maximum Gasteiger partial charge on any atom is 0.260 e. The number of para-hydroxylation sites is 1. The van der Waals surface area contributed by atoms with Gasteiger partial charge in [0.15, 0.2) is 0 Å². The molecule has 3 heterocycles. The van der Waals surface area contributed by atoms with Crippen LogP contribution in [0, 0.1) is 0 Å². The van der Waals surface area contributed by atoms with Gasteiger partial charge < -0.3 is 9.80 Å². The molecule has 2 saturated heterocycles. The van der Waals surface area contributed by atoms with Gasteiger partial charge in [-0.2, -0.15) is 4.31 Å². The zero-order valence-electron chi connectivity index (χ0n) is 18.5. The van der Waals surface area contributed by atoms with Crippen molar-refractivity contribution in [2.24, 2.45) is 0 Å². The third kappa shape index (κ3) is 3.92. The van der Waals surface area contributed by atoms with Gasteiger partial charge >= 0.3 is 0 Å². The van der Waals surface area contributed by atoms with E-state index in [9.17, 15) is 13.2 Å². The summed E-state index contributed by atoms with van der Waals surface area (Å²) in [6.07, 6.45) is 6.90. The Morgan fingerprint density at radius 1 is 0.750 bits per heavy atom. The highest BCUT2D eigenvalue weighted by Crippen LogP contribution is 2.33. The Kier molecular flexibility index (Phi) is 5.95. The molecular weight excluding hydrogens is 422 g/mol. The summed E-state index contributed by atoms with van der Waals surface area (Å²) in [6, 6.07) is 13.2. The number of hydrogen-bond donors (Lipinski definition) is 0. The van der Waals surface area contributed by atoms with E-state index in [1.807, 2.05) is 29.2 Å². The van der Waals surface area contributed by atoms with Crippen molar-refractivity contribution in [1.29, 1.82) is 0 Å². The fraction of sp³-hybridized carbons (Fsp3) is 0.480. The molecule has 0 N–H and O–H groups in total. The number of rotatable bonds is 4. The van der Waals surface area contributed by atoms with Crippen molar-refractivity contribution in [3.8, 4) is 0 Å². The molecule has 0 spiro atoms. The summed E-state index contributed by atoms with van der Waals surface area (Å²) < 4.78 is 28.3. The second-order valence-corrected chi connectivity index (χ2v) is 11.0. The second-order valence-electron chi connectivity index (χ2n) is 9.03. The number of carbonyl (C=O) groups excluding carboxylic acids is 1. The standard InChI is InChI=1S/C25H31N3O3S/c29-25(28-18-8-10-20-9-2-3-11-23(20)28)22-19-21(12-13-24(22)26-14-6-7-15-26)32(30,31)27-16-4-1-5-17-27/h2-3,9,11-13,19H,1,4-8,10,14-18H2. The van der Waals surface area contributed by atoms with Crippen LogP contribution < -0.4 is 9.80 Å². The number of fused-ring (bicyclic) bond motifs is 1. The van der Waals surface area contributed by atoms with Gasteiger partial charge in [-0.15, -0.1) is 0 Å². The zero-order valence-corrected chi connectivity index (χ0v) is 19.3. The lowest BCUT2D eigenvalue weighted by Crippen LogP contribution is -2.37. The number of aryl methyl sites for hydroxylation is 1. The van der Waals surface area contributed by atoms with Crippen LogP contribution in [0.4, 0.5) is 11.4 Å². The molecule has 3 aliphatic rings. The maximum absolute atomic E-state index is 13.9. The van der Waals surface area contributed by atoms with Crippen LogP contribution in [-0.2, 0) is 16.4 Å². The molecule has 2 aromatic carbocycles. The van der Waals surface area contributed by atoms with E-state index in [0.717, 1.165) is 69.4 Å². The third-order valence-corrected chi connectivity index (χ3v) is 8.85. The van der Waals surface area contributed by atoms with Crippen LogP contribution in [0.15, 0.2) is 47.4 Å². The first-order valence-electron chi connectivity index (χ1n) is 11.8. The minimum atomic E-state index is -3.61. The topological polar surface area (TPSA) is 60.9 Å². The molecule has 0 unspecified atom stereocenters. The fourth-order valence-corrected chi connectivity index (χ4v) is 6.77. The monoisotopic (exact) mass is 453 g/mol. The van der Waals surface area contributed by atoms with Gasteiger partial charge in [0.1, 0.15) is 0 Å². The lowest BCUT2D eigenvalue weighted by atomic mass is 10.0. The average molecular weight is 454 g/mol. The molecule has 0 radical (unpaired) electrons. The van der Waals surface area contributed by atoms with E-state index in [4.69, 9.17) is 0 Å². The zero-order chi connectivity index (χ0) is 22.1. The molecule has 2 fully saturated rings. The molecule has 7 heteroatoms. The predicted molar refractivity (Wildman–Crippen MR) is 127 cm³/mol. The molecule has 0 aliphatic carbocycles. The number of piperidine rings is 1. The number of hydrogen-bond acceptors (Lipinski definition) is 4. The summed E-state index contributed by atoms with van der Waals surface area (Å²) in [5.41, 5.74) is 3.47. The van der Waals surface area contributed by atoms with Crippen LogP contribution in [0.3, 0.4) is 0 Å². The molecule has 0 saturated carbocycles. The quantitative estimate of drug-likeness (QED) is 0.701. The summed E-state index contributed by atoms with van der Waals surface area (Å²) >= 11 is 0. The number of anilines is 2. The maximum atomic E-state index is 13.9. The van der Waals surface area contributed by atoms with Gasteiger partial charge in [-0.3, -0.25) is 4.79 Å². The molecular formula is C25H31N3O3S. The van der Waals surface area contributed by atoms with E-state index in [1.165, 1.54) is 5.56 Å². The van der Waals surface area contributed by atoms with Gasteiger partial charge in [0.05, 0.1) is 10.5 Å². The largest absolute Gasteiger partial charge is 0.371 e. The van der Waals surface area contributed by atoms with Crippen molar-refractivity contribution in [1.82, 2.24) is 4.31 Å². The van der Waals surface area contributed by atoms with Crippen LogP contribution in [0.5, 0.6) is 0 Å². The van der Waals surface area contributed by atoms with Gasteiger partial charge in [-0.1, -0.05) is 24.6 Å². The van der Waals surface area contributed by atoms with Crippen LogP contribution in [0.2, 0.25) is 0 Å². The van der Waals surface area contributed by atoms with E-state index < -0.39 is 10.0 Å². The van der Waals surface area contributed by atoms with E-state index in [-0.39, 0.29) is 10.8 Å². The normalized spacial score (nSPS) is 19.8. The molecule has 32 heavy (non-hydrogen) atoms. The number of benzene rings is 2. The van der Waals surface area contributed by atoms with Gasteiger partial charge in [0, 0.05) is 44.1 Å². The minimum Gasteiger partial charge on any atom is -0.371 e. The highest BCUT2D eigenvalue weighted by Gasteiger charge is 2.31. The number of nitrogens with zero attached hydrogens (tertiary/aromatic N) is 3. The number of sulfonamides is 1. The molecule has 5 rings (SSSR count). The van der Waals surface area contributed by atoms with Crippen molar-refractivity contribution >= 4 is 27.3 Å². The highest BCUT2D eigenvalue weighted by molar-refractivity contribution is 7.89. The van der Waals surface area contributed by atoms with E-state index in [0.29, 0.717) is 25.2 Å². The first-order chi connectivity index (χ1) is 15.6. The van der Waals surface area contributed by atoms with Gasteiger partial charge in [0.2, 0.25) is 10.0 Å². The Labute approximate surface area is 190 Å². The Hall–Kier alpha value is -2.38. The lowest BCUT2D eigenvalue weighted by molar-refractivity contribution is 0.0985. The van der Waals surface area contributed by atoms with Crippen LogP contribution in [0.1, 0.15) is 54.4 Å². The summed E-state index contributed by atoms with van der Waals surface area (Å²) in [4.78, 5) is 18.2. The second kappa shape index (κ2) is 8.87. The molecule has 6 nitrogen and oxygen atoms in total. The number of carbonyl (C=O) groups is 1. The molecule has 1 amide bonds. The Balaban J connectivity index is 1.56. The lowest BCUT2D eigenvalue weighted by Gasteiger charge is -2.32.